The molecular formula is C13H19BrIN5OS. The summed E-state index contributed by atoms with van der Waals surface area (Å²) < 4.78 is 6.08. The SMILES string of the molecule is CCNC(=NCc1noc(C)n1)N(C)Cc1ccc(Br)s1.I. The molecule has 1 N–H and O–H groups in total. The molecule has 0 aromatic carbocycles. The summed E-state index contributed by atoms with van der Waals surface area (Å²) in [6.07, 6.45) is 0. The van der Waals surface area contributed by atoms with E-state index in [2.05, 4.69) is 53.4 Å². The molecule has 0 fully saturated rings. The highest BCUT2D eigenvalue weighted by molar-refractivity contribution is 14.0. The van der Waals surface area contributed by atoms with E-state index in [1.54, 1.807) is 18.3 Å². The van der Waals surface area contributed by atoms with Gasteiger partial charge in [0.15, 0.2) is 11.8 Å². The van der Waals surface area contributed by atoms with E-state index in [1.807, 2.05) is 14.0 Å². The largest absolute Gasteiger partial charge is 0.357 e. The monoisotopic (exact) mass is 499 g/mol. The van der Waals surface area contributed by atoms with Crippen LogP contribution in [0.4, 0.5) is 0 Å². The zero-order valence-electron chi connectivity index (χ0n) is 12.7. The number of aromatic nitrogens is 2. The molecule has 6 nitrogen and oxygen atoms in total. The number of halogens is 2. The molecular weight excluding hydrogens is 481 g/mol. The Kier molecular flexibility index (Phi) is 8.33. The van der Waals surface area contributed by atoms with Gasteiger partial charge in [-0.3, -0.25) is 0 Å². The second-order valence-electron chi connectivity index (χ2n) is 4.46. The van der Waals surface area contributed by atoms with Crippen LogP contribution in [0.1, 0.15) is 23.5 Å². The third kappa shape index (κ3) is 5.84. The van der Waals surface area contributed by atoms with Gasteiger partial charge in [-0.1, -0.05) is 5.16 Å². The minimum atomic E-state index is 0. The molecule has 0 atom stereocenters. The Morgan fingerprint density at radius 2 is 2.27 bits per heavy atom. The summed E-state index contributed by atoms with van der Waals surface area (Å²) in [5, 5.41) is 7.12. The first-order chi connectivity index (χ1) is 10.1. The van der Waals surface area contributed by atoms with Gasteiger partial charge in [0.05, 0.1) is 10.3 Å². The lowest BCUT2D eigenvalue weighted by Gasteiger charge is -2.21. The quantitative estimate of drug-likeness (QED) is 0.388. The van der Waals surface area contributed by atoms with E-state index in [4.69, 9.17) is 4.52 Å². The lowest BCUT2D eigenvalue weighted by molar-refractivity contribution is 0.387. The molecule has 0 saturated heterocycles. The van der Waals surface area contributed by atoms with Crippen LogP contribution < -0.4 is 5.32 Å². The van der Waals surface area contributed by atoms with Gasteiger partial charge in [0.25, 0.3) is 0 Å². The molecule has 2 heterocycles. The van der Waals surface area contributed by atoms with Crippen LogP contribution in [-0.2, 0) is 13.1 Å². The first-order valence-electron chi connectivity index (χ1n) is 6.61. The molecule has 22 heavy (non-hydrogen) atoms. The highest BCUT2D eigenvalue weighted by Gasteiger charge is 2.09. The van der Waals surface area contributed by atoms with Crippen molar-refractivity contribution >= 4 is 57.2 Å². The highest BCUT2D eigenvalue weighted by Crippen LogP contribution is 2.22. The van der Waals surface area contributed by atoms with Gasteiger partial charge in [-0.15, -0.1) is 35.3 Å². The zero-order chi connectivity index (χ0) is 15.2. The van der Waals surface area contributed by atoms with Crippen molar-refractivity contribution in [1.82, 2.24) is 20.4 Å². The molecule has 0 aliphatic heterocycles. The number of aliphatic imine (C=N–C) groups is 1. The minimum Gasteiger partial charge on any atom is -0.357 e. The van der Waals surface area contributed by atoms with Crippen molar-refractivity contribution in [2.24, 2.45) is 4.99 Å². The van der Waals surface area contributed by atoms with Crippen LogP contribution in [0.5, 0.6) is 0 Å². The summed E-state index contributed by atoms with van der Waals surface area (Å²) in [5.74, 6) is 1.97. The molecule has 2 rings (SSSR count). The molecule has 2 aromatic heterocycles. The summed E-state index contributed by atoms with van der Waals surface area (Å²) in [4.78, 5) is 12.0. The standard InChI is InChI=1S/C13H18BrN5OS.HI/c1-4-15-13(16-7-12-17-9(2)20-18-12)19(3)8-10-5-6-11(14)21-10;/h5-6H,4,7-8H2,1-3H3,(H,15,16);1H. The number of thiophene rings is 1. The summed E-state index contributed by atoms with van der Waals surface area (Å²) in [6, 6.07) is 4.16. The van der Waals surface area contributed by atoms with Crippen molar-refractivity contribution in [3.8, 4) is 0 Å². The molecule has 0 aliphatic carbocycles. The van der Waals surface area contributed by atoms with E-state index >= 15 is 0 Å². The number of aryl methyl sites for hydroxylation is 1. The molecule has 0 amide bonds. The van der Waals surface area contributed by atoms with Crippen molar-refractivity contribution < 1.29 is 4.52 Å². The molecule has 0 bridgehead atoms. The maximum atomic E-state index is 4.95. The maximum Gasteiger partial charge on any atom is 0.223 e. The van der Waals surface area contributed by atoms with Crippen LogP contribution in [0.15, 0.2) is 25.4 Å². The van der Waals surface area contributed by atoms with Gasteiger partial charge < -0.3 is 14.7 Å². The third-order valence-corrected chi connectivity index (χ3v) is 4.27. The molecule has 0 aliphatic rings. The molecule has 2 aromatic rings. The van der Waals surface area contributed by atoms with Crippen LogP contribution in [0, 0.1) is 6.92 Å². The Morgan fingerprint density at radius 3 is 2.82 bits per heavy atom. The summed E-state index contributed by atoms with van der Waals surface area (Å²) in [7, 11) is 2.01. The van der Waals surface area contributed by atoms with Crippen LogP contribution >= 0.6 is 51.2 Å². The van der Waals surface area contributed by atoms with Crippen molar-refractivity contribution in [3.05, 3.63) is 32.5 Å². The Balaban J connectivity index is 0.00000242. The van der Waals surface area contributed by atoms with Crippen LogP contribution in [0.3, 0.4) is 0 Å². The van der Waals surface area contributed by atoms with Crippen molar-refractivity contribution in [2.75, 3.05) is 13.6 Å². The number of guanidine groups is 1. The van der Waals surface area contributed by atoms with E-state index in [0.717, 1.165) is 22.8 Å². The second kappa shape index (κ2) is 9.46. The topological polar surface area (TPSA) is 66.5 Å². The molecule has 0 unspecified atom stereocenters. The van der Waals surface area contributed by atoms with Crippen LogP contribution in [-0.4, -0.2) is 34.6 Å². The fourth-order valence-corrected chi connectivity index (χ4v) is 3.30. The van der Waals surface area contributed by atoms with Gasteiger partial charge >= 0.3 is 0 Å². The van der Waals surface area contributed by atoms with E-state index in [-0.39, 0.29) is 24.0 Å². The van der Waals surface area contributed by atoms with Gasteiger partial charge in [0, 0.05) is 25.4 Å². The Hall–Kier alpha value is -0.680. The fourth-order valence-electron chi connectivity index (χ4n) is 1.77. The van der Waals surface area contributed by atoms with Gasteiger partial charge in [0.2, 0.25) is 5.89 Å². The van der Waals surface area contributed by atoms with E-state index in [9.17, 15) is 0 Å². The van der Waals surface area contributed by atoms with E-state index in [1.165, 1.54) is 4.88 Å². The van der Waals surface area contributed by atoms with Gasteiger partial charge in [-0.2, -0.15) is 4.98 Å². The molecule has 0 saturated carbocycles. The molecule has 0 spiro atoms. The maximum absolute atomic E-state index is 4.95. The van der Waals surface area contributed by atoms with Gasteiger partial charge in [-0.05, 0) is 35.0 Å². The number of nitrogens with one attached hydrogen (secondary N) is 1. The number of nitrogens with zero attached hydrogens (tertiary/aromatic N) is 4. The summed E-state index contributed by atoms with van der Waals surface area (Å²) >= 11 is 5.20. The Labute approximate surface area is 159 Å². The first kappa shape index (κ1) is 19.4. The third-order valence-electron chi connectivity index (χ3n) is 2.66. The first-order valence-corrected chi connectivity index (χ1v) is 8.22. The van der Waals surface area contributed by atoms with Crippen LogP contribution in [0.2, 0.25) is 0 Å². The average Bonchev–Trinajstić information content (AvgIpc) is 3.03. The Bertz CT molecular complexity index is 615. The Morgan fingerprint density at radius 1 is 1.50 bits per heavy atom. The van der Waals surface area contributed by atoms with E-state index < -0.39 is 0 Å². The molecule has 9 heteroatoms. The average molecular weight is 500 g/mol. The van der Waals surface area contributed by atoms with Gasteiger partial charge in [0.1, 0.15) is 6.54 Å². The summed E-state index contributed by atoms with van der Waals surface area (Å²) in [5.41, 5.74) is 0. The molecule has 122 valence electrons. The zero-order valence-corrected chi connectivity index (χ0v) is 17.4. The number of rotatable bonds is 5. The highest BCUT2D eigenvalue weighted by atomic mass is 127. The minimum absolute atomic E-state index is 0. The number of hydrogen-bond acceptors (Lipinski definition) is 5. The van der Waals surface area contributed by atoms with Crippen LogP contribution in [0.25, 0.3) is 0 Å². The van der Waals surface area contributed by atoms with Crippen molar-refractivity contribution in [3.63, 3.8) is 0 Å². The lowest BCUT2D eigenvalue weighted by atomic mass is 10.4. The predicted molar refractivity (Wildman–Crippen MR) is 103 cm³/mol. The summed E-state index contributed by atoms with van der Waals surface area (Å²) in [6.45, 7) is 5.82. The normalized spacial score (nSPS) is 11.2. The smallest absolute Gasteiger partial charge is 0.223 e. The van der Waals surface area contributed by atoms with Crippen molar-refractivity contribution in [1.29, 1.82) is 0 Å². The lowest BCUT2D eigenvalue weighted by Crippen LogP contribution is -2.38. The second-order valence-corrected chi connectivity index (χ2v) is 7.01. The van der Waals surface area contributed by atoms with Crippen molar-refractivity contribution in [2.45, 2.75) is 26.9 Å². The number of hydrogen-bond donors (Lipinski definition) is 1. The predicted octanol–water partition coefficient (Wildman–Crippen LogP) is 3.42. The fraction of sp³-hybridized carbons (Fsp3) is 0.462. The molecule has 0 radical (unpaired) electrons. The van der Waals surface area contributed by atoms with Gasteiger partial charge in [-0.25, -0.2) is 4.99 Å². The van der Waals surface area contributed by atoms with E-state index in [0.29, 0.717) is 18.3 Å².